The summed E-state index contributed by atoms with van der Waals surface area (Å²) in [7, 11) is -3.76. The lowest BCUT2D eigenvalue weighted by Gasteiger charge is -2.37. The minimum Gasteiger partial charge on any atom is -0.480 e. The summed E-state index contributed by atoms with van der Waals surface area (Å²) in [4.78, 5) is 10.6. The van der Waals surface area contributed by atoms with Crippen LogP contribution in [0.3, 0.4) is 0 Å². The van der Waals surface area contributed by atoms with Gasteiger partial charge in [-0.05, 0) is 13.3 Å². The topological polar surface area (TPSA) is 98.5 Å². The molecule has 0 saturated carbocycles. The minimum atomic E-state index is -3.76. The molecule has 0 spiro atoms. The number of aliphatic carboxylic acids is 1. The van der Waals surface area contributed by atoms with E-state index in [9.17, 15) is 13.2 Å². The zero-order valence-corrected chi connectivity index (χ0v) is 8.36. The van der Waals surface area contributed by atoms with Crippen LogP contribution in [-0.2, 0) is 14.8 Å². The maximum atomic E-state index is 11.5. The molecule has 1 aliphatic rings. The summed E-state index contributed by atoms with van der Waals surface area (Å²) in [6.45, 7) is 1.43. The lowest BCUT2D eigenvalue weighted by atomic mass is 10.1. The van der Waals surface area contributed by atoms with E-state index in [0.717, 1.165) is 4.31 Å². The van der Waals surface area contributed by atoms with Crippen molar-refractivity contribution in [2.45, 2.75) is 24.6 Å². The molecule has 1 aliphatic heterocycles. The van der Waals surface area contributed by atoms with Crippen LogP contribution in [0.4, 0.5) is 0 Å². The lowest BCUT2D eigenvalue weighted by Crippen LogP contribution is -2.56. The molecule has 1 N–H and O–H groups in total. The molecule has 0 bridgehead atoms. The molecule has 0 aromatic heterocycles. The van der Waals surface area contributed by atoms with Gasteiger partial charge in [0.1, 0.15) is 6.04 Å². The van der Waals surface area contributed by atoms with E-state index in [2.05, 4.69) is 0 Å². The smallest absolute Gasteiger partial charge is 0.322 e. The van der Waals surface area contributed by atoms with E-state index in [1.165, 1.54) is 6.92 Å². The fourth-order valence-electron chi connectivity index (χ4n) is 1.18. The molecule has 14 heavy (non-hydrogen) atoms. The first-order chi connectivity index (χ1) is 6.41. The van der Waals surface area contributed by atoms with E-state index in [1.807, 2.05) is 0 Å². The summed E-state index contributed by atoms with van der Waals surface area (Å²) in [5.74, 6) is -1.16. The van der Waals surface area contributed by atoms with Crippen molar-refractivity contribution in [2.75, 3.05) is 6.54 Å². The Kier molecular flexibility index (Phi) is 2.78. The van der Waals surface area contributed by atoms with Gasteiger partial charge in [0.2, 0.25) is 10.0 Å². The highest BCUT2D eigenvalue weighted by Crippen LogP contribution is 2.24. The quantitative estimate of drug-likeness (QED) is 0.681. The third-order valence-electron chi connectivity index (χ3n) is 2.21. The van der Waals surface area contributed by atoms with Crippen molar-refractivity contribution in [1.82, 2.24) is 4.31 Å². The third kappa shape index (κ3) is 1.58. The highest BCUT2D eigenvalue weighted by Gasteiger charge is 2.44. The van der Waals surface area contributed by atoms with E-state index in [4.69, 9.17) is 10.4 Å². The van der Waals surface area contributed by atoms with Crippen LogP contribution in [0, 0.1) is 11.3 Å². The van der Waals surface area contributed by atoms with E-state index >= 15 is 0 Å². The molecule has 1 fully saturated rings. The SMILES string of the molecule is CC(C#N)S(=O)(=O)N1CCC1C(=O)O. The van der Waals surface area contributed by atoms with Crippen LogP contribution in [-0.4, -0.2) is 41.6 Å². The van der Waals surface area contributed by atoms with Gasteiger partial charge in [0.15, 0.2) is 5.25 Å². The van der Waals surface area contributed by atoms with Crippen LogP contribution in [0.2, 0.25) is 0 Å². The van der Waals surface area contributed by atoms with Crippen LogP contribution in [0.25, 0.3) is 0 Å². The Morgan fingerprint density at radius 2 is 2.29 bits per heavy atom. The Hall–Kier alpha value is -1.13. The number of nitriles is 1. The second-order valence-electron chi connectivity index (χ2n) is 3.07. The number of carboxylic acid groups (broad SMARTS) is 1. The Morgan fingerprint density at radius 1 is 1.71 bits per heavy atom. The summed E-state index contributed by atoms with van der Waals surface area (Å²) in [5, 5.41) is 15.9. The van der Waals surface area contributed by atoms with Gasteiger partial charge in [0.05, 0.1) is 6.07 Å². The number of sulfonamides is 1. The van der Waals surface area contributed by atoms with Gasteiger partial charge in [-0.3, -0.25) is 4.79 Å². The first-order valence-electron chi connectivity index (χ1n) is 4.04. The summed E-state index contributed by atoms with van der Waals surface area (Å²) >= 11 is 0. The highest BCUT2D eigenvalue weighted by atomic mass is 32.2. The maximum absolute atomic E-state index is 11.5. The molecular formula is C7H10N2O4S. The van der Waals surface area contributed by atoms with E-state index in [1.54, 1.807) is 6.07 Å². The normalized spacial score (nSPS) is 24.7. The molecule has 0 aliphatic carbocycles. The van der Waals surface area contributed by atoms with Gasteiger partial charge in [-0.15, -0.1) is 0 Å². The molecule has 1 heterocycles. The van der Waals surface area contributed by atoms with Crippen LogP contribution in [0.1, 0.15) is 13.3 Å². The first kappa shape index (κ1) is 10.9. The fraction of sp³-hybridized carbons (Fsp3) is 0.714. The second-order valence-corrected chi connectivity index (χ2v) is 5.28. The average molecular weight is 218 g/mol. The summed E-state index contributed by atoms with van der Waals surface area (Å²) in [5.41, 5.74) is 0. The van der Waals surface area contributed by atoms with E-state index < -0.39 is 27.3 Å². The third-order valence-corrected chi connectivity index (χ3v) is 4.30. The monoisotopic (exact) mass is 218 g/mol. The summed E-state index contributed by atoms with van der Waals surface area (Å²) in [6.07, 6.45) is 0.312. The Balaban J connectivity index is 2.87. The van der Waals surface area contributed by atoms with Crippen molar-refractivity contribution in [3.05, 3.63) is 0 Å². The lowest BCUT2D eigenvalue weighted by molar-refractivity contribution is -0.144. The van der Waals surface area contributed by atoms with Crippen LogP contribution < -0.4 is 0 Å². The second kappa shape index (κ2) is 3.55. The molecule has 0 amide bonds. The molecule has 1 rings (SSSR count). The molecule has 2 atom stereocenters. The number of rotatable bonds is 3. The van der Waals surface area contributed by atoms with Crippen molar-refractivity contribution >= 4 is 16.0 Å². The standard InChI is InChI=1S/C7H10N2O4S/c1-5(4-8)14(12,13)9-3-2-6(9)7(10)11/h5-6H,2-3H2,1H3,(H,10,11). The fourth-order valence-corrected chi connectivity index (χ4v) is 2.63. The molecule has 0 radical (unpaired) electrons. The Labute approximate surface area is 81.8 Å². The molecule has 78 valence electrons. The highest BCUT2D eigenvalue weighted by molar-refractivity contribution is 7.90. The van der Waals surface area contributed by atoms with E-state index in [0.29, 0.717) is 6.42 Å². The van der Waals surface area contributed by atoms with E-state index in [-0.39, 0.29) is 6.54 Å². The Bertz CT molecular complexity index is 383. The van der Waals surface area contributed by atoms with Crippen LogP contribution in [0.15, 0.2) is 0 Å². The first-order valence-corrected chi connectivity index (χ1v) is 5.54. The molecule has 0 aromatic rings. The largest absolute Gasteiger partial charge is 0.480 e. The average Bonchev–Trinajstić information content (AvgIpc) is 1.98. The van der Waals surface area contributed by atoms with Crippen molar-refractivity contribution < 1.29 is 18.3 Å². The zero-order valence-electron chi connectivity index (χ0n) is 7.54. The predicted molar refractivity (Wildman–Crippen MR) is 46.7 cm³/mol. The van der Waals surface area contributed by atoms with Gasteiger partial charge in [-0.1, -0.05) is 0 Å². The van der Waals surface area contributed by atoms with Crippen LogP contribution >= 0.6 is 0 Å². The number of carboxylic acids is 1. The maximum Gasteiger partial charge on any atom is 0.322 e. The minimum absolute atomic E-state index is 0.186. The predicted octanol–water partition coefficient (Wildman–Crippen LogP) is -0.613. The van der Waals surface area contributed by atoms with Gasteiger partial charge in [0, 0.05) is 6.54 Å². The number of hydrogen-bond acceptors (Lipinski definition) is 4. The number of carbonyl (C=O) groups is 1. The molecular weight excluding hydrogens is 208 g/mol. The Morgan fingerprint density at radius 3 is 2.57 bits per heavy atom. The number of nitrogens with zero attached hydrogens (tertiary/aromatic N) is 2. The van der Waals surface area contributed by atoms with Crippen molar-refractivity contribution in [3.8, 4) is 6.07 Å². The molecule has 2 unspecified atom stereocenters. The number of hydrogen-bond donors (Lipinski definition) is 1. The molecule has 0 aromatic carbocycles. The molecule has 6 nitrogen and oxygen atoms in total. The van der Waals surface area contributed by atoms with Crippen molar-refractivity contribution in [2.24, 2.45) is 0 Å². The van der Waals surface area contributed by atoms with Crippen LogP contribution in [0.5, 0.6) is 0 Å². The van der Waals surface area contributed by atoms with Gasteiger partial charge in [0.25, 0.3) is 0 Å². The van der Waals surface area contributed by atoms with Gasteiger partial charge >= 0.3 is 5.97 Å². The molecule has 7 heteroatoms. The molecule has 1 saturated heterocycles. The van der Waals surface area contributed by atoms with Crippen molar-refractivity contribution in [3.63, 3.8) is 0 Å². The van der Waals surface area contributed by atoms with Gasteiger partial charge in [-0.25, -0.2) is 8.42 Å². The van der Waals surface area contributed by atoms with Crippen molar-refractivity contribution in [1.29, 1.82) is 5.26 Å². The summed E-state index contributed by atoms with van der Waals surface area (Å²) < 4.78 is 23.9. The van der Waals surface area contributed by atoms with Gasteiger partial charge in [-0.2, -0.15) is 9.57 Å². The zero-order chi connectivity index (χ0) is 10.9. The summed E-state index contributed by atoms with van der Waals surface area (Å²) in [6, 6.07) is 0.601. The van der Waals surface area contributed by atoms with Gasteiger partial charge < -0.3 is 5.11 Å².